The molecule has 1 aromatic carbocycles. The van der Waals surface area contributed by atoms with E-state index in [4.69, 9.17) is 4.74 Å². The minimum atomic E-state index is -4.15. The Morgan fingerprint density at radius 3 is 2.45 bits per heavy atom. The Bertz CT molecular complexity index is 442. The first-order chi connectivity index (χ1) is 9.34. The topological polar surface area (TPSA) is 21.3 Å². The van der Waals surface area contributed by atoms with Crippen molar-refractivity contribution in [2.75, 3.05) is 13.7 Å². The second-order valence-electron chi connectivity index (χ2n) is 4.26. The summed E-state index contributed by atoms with van der Waals surface area (Å²) in [5, 5.41) is 2.48. The van der Waals surface area contributed by atoms with Gasteiger partial charge in [0.2, 0.25) is 0 Å². The molecule has 0 heterocycles. The minimum absolute atomic E-state index is 0.0800. The fourth-order valence-electron chi connectivity index (χ4n) is 1.75. The van der Waals surface area contributed by atoms with Gasteiger partial charge in [-0.15, -0.1) is 0 Å². The van der Waals surface area contributed by atoms with Crippen molar-refractivity contribution in [2.45, 2.75) is 31.7 Å². The van der Waals surface area contributed by atoms with Crippen LogP contribution in [-0.2, 0) is 0 Å². The highest BCUT2D eigenvalue weighted by molar-refractivity contribution is 9.10. The molecule has 0 spiro atoms. The first-order valence-electron chi connectivity index (χ1n) is 6.07. The summed E-state index contributed by atoms with van der Waals surface area (Å²) in [5.41, 5.74) is 0.0800. The fraction of sp³-hybridized carbons (Fsp3) is 0.538. The van der Waals surface area contributed by atoms with Crippen LogP contribution in [0.3, 0.4) is 0 Å². The van der Waals surface area contributed by atoms with Gasteiger partial charge in [-0.3, -0.25) is 0 Å². The Morgan fingerprint density at radius 1 is 1.35 bits per heavy atom. The molecule has 0 saturated heterocycles. The second-order valence-corrected chi connectivity index (χ2v) is 5.11. The largest absolute Gasteiger partial charge is 0.496 e. The van der Waals surface area contributed by atoms with Crippen molar-refractivity contribution in [3.8, 4) is 5.75 Å². The summed E-state index contributed by atoms with van der Waals surface area (Å²) in [4.78, 5) is 0. The number of hydrogen-bond donors (Lipinski definition) is 1. The van der Waals surface area contributed by atoms with Gasteiger partial charge in [-0.1, -0.05) is 13.0 Å². The summed E-state index contributed by atoms with van der Waals surface area (Å²) in [5.74, 6) is -3.70. The molecule has 1 unspecified atom stereocenters. The van der Waals surface area contributed by atoms with Crippen LogP contribution in [0.15, 0.2) is 22.7 Å². The van der Waals surface area contributed by atoms with E-state index in [2.05, 4.69) is 21.2 Å². The molecule has 0 bridgehead atoms. The van der Waals surface area contributed by atoms with Crippen LogP contribution in [0.2, 0.25) is 0 Å². The molecular weight excluding hydrogens is 342 g/mol. The van der Waals surface area contributed by atoms with Gasteiger partial charge in [0.05, 0.1) is 11.6 Å². The summed E-state index contributed by atoms with van der Waals surface area (Å²) in [6, 6.07) is 2.43. The van der Waals surface area contributed by atoms with E-state index in [0.29, 0.717) is 16.6 Å². The number of benzene rings is 1. The van der Waals surface area contributed by atoms with Crippen LogP contribution >= 0.6 is 15.9 Å². The van der Waals surface area contributed by atoms with Gasteiger partial charge in [0.1, 0.15) is 11.8 Å². The molecule has 0 aliphatic carbocycles. The van der Waals surface area contributed by atoms with Gasteiger partial charge < -0.3 is 10.1 Å². The van der Waals surface area contributed by atoms with Gasteiger partial charge in [0, 0.05) is 0 Å². The van der Waals surface area contributed by atoms with Crippen molar-refractivity contribution < 1.29 is 22.3 Å². The van der Waals surface area contributed by atoms with Crippen LogP contribution in [0.25, 0.3) is 0 Å². The molecule has 20 heavy (non-hydrogen) atoms. The van der Waals surface area contributed by atoms with Crippen molar-refractivity contribution in [2.24, 2.45) is 0 Å². The van der Waals surface area contributed by atoms with Crippen LogP contribution in [0.4, 0.5) is 17.6 Å². The first-order valence-corrected chi connectivity index (χ1v) is 6.86. The van der Waals surface area contributed by atoms with Gasteiger partial charge in [0.25, 0.3) is 0 Å². The van der Waals surface area contributed by atoms with E-state index in [1.54, 1.807) is 6.92 Å². The normalized spacial score (nSPS) is 13.6. The van der Waals surface area contributed by atoms with E-state index in [0.717, 1.165) is 0 Å². The Hall–Kier alpha value is -0.820. The lowest BCUT2D eigenvalue weighted by Gasteiger charge is -2.28. The van der Waals surface area contributed by atoms with Crippen LogP contribution in [-0.4, -0.2) is 26.0 Å². The average Bonchev–Trinajstić information content (AvgIpc) is 2.39. The molecule has 1 N–H and O–H groups in total. The maximum atomic E-state index is 13.7. The highest BCUT2D eigenvalue weighted by Gasteiger charge is 2.49. The summed E-state index contributed by atoms with van der Waals surface area (Å²) in [6.45, 7) is 1.99. The van der Waals surface area contributed by atoms with E-state index in [9.17, 15) is 17.6 Å². The molecule has 0 radical (unpaired) electrons. The molecule has 0 amide bonds. The summed E-state index contributed by atoms with van der Waals surface area (Å²) >= 11 is 3.16. The van der Waals surface area contributed by atoms with E-state index < -0.39 is 18.4 Å². The molecule has 2 nitrogen and oxygen atoms in total. The first kappa shape index (κ1) is 17.2. The third-order valence-corrected chi connectivity index (χ3v) is 3.40. The van der Waals surface area contributed by atoms with Crippen molar-refractivity contribution in [1.29, 1.82) is 0 Å². The van der Waals surface area contributed by atoms with Crippen molar-refractivity contribution in [1.82, 2.24) is 5.32 Å². The third-order valence-electron chi connectivity index (χ3n) is 2.78. The summed E-state index contributed by atoms with van der Waals surface area (Å²) in [6.07, 6.45) is -3.18. The predicted molar refractivity (Wildman–Crippen MR) is 72.7 cm³/mol. The number of hydrogen-bond acceptors (Lipinski definition) is 2. The highest BCUT2D eigenvalue weighted by Crippen LogP contribution is 2.38. The van der Waals surface area contributed by atoms with Gasteiger partial charge in [-0.2, -0.15) is 8.78 Å². The summed E-state index contributed by atoms with van der Waals surface area (Å²) < 4.78 is 58.0. The number of rotatable bonds is 7. The smallest absolute Gasteiger partial charge is 0.326 e. The lowest BCUT2D eigenvalue weighted by atomic mass is 10.00. The second kappa shape index (κ2) is 7.26. The number of nitrogens with one attached hydrogen (secondary N) is 1. The number of ether oxygens (including phenoxy) is 1. The maximum Gasteiger partial charge on any atom is 0.326 e. The average molecular weight is 358 g/mol. The predicted octanol–water partition coefficient (Wildman–Crippen LogP) is 4.40. The SMILES string of the molecule is CCCNC(c1ccc(OC)c(Br)c1)C(F)(F)C(F)F. The molecular formula is C13H16BrF4NO. The number of halogens is 5. The third kappa shape index (κ3) is 3.85. The molecule has 0 aliphatic rings. The van der Waals surface area contributed by atoms with E-state index in [-0.39, 0.29) is 12.1 Å². The van der Waals surface area contributed by atoms with E-state index in [1.165, 1.54) is 25.3 Å². The molecule has 1 rings (SSSR count). The monoisotopic (exact) mass is 357 g/mol. The standard InChI is InChI=1S/C13H16BrF4NO/c1-3-6-19-11(13(17,18)12(15)16)8-4-5-10(20-2)9(14)7-8/h4-5,7,11-12,19H,3,6H2,1-2H3. The molecule has 7 heteroatoms. The summed E-state index contributed by atoms with van der Waals surface area (Å²) in [7, 11) is 1.43. The molecule has 0 saturated carbocycles. The van der Waals surface area contributed by atoms with Gasteiger partial charge in [-0.05, 0) is 46.6 Å². The van der Waals surface area contributed by atoms with Crippen LogP contribution < -0.4 is 10.1 Å². The van der Waals surface area contributed by atoms with Crippen molar-refractivity contribution >= 4 is 15.9 Å². The quantitative estimate of drug-likeness (QED) is 0.730. The van der Waals surface area contributed by atoms with Gasteiger partial charge in [0.15, 0.2) is 0 Å². The lowest BCUT2D eigenvalue weighted by Crippen LogP contribution is -2.42. The van der Waals surface area contributed by atoms with Crippen LogP contribution in [0.1, 0.15) is 24.9 Å². The zero-order valence-electron chi connectivity index (χ0n) is 11.1. The fourth-order valence-corrected chi connectivity index (χ4v) is 2.31. The molecule has 0 aromatic heterocycles. The molecule has 0 aliphatic heterocycles. The number of methoxy groups -OCH3 is 1. The molecule has 114 valence electrons. The zero-order chi connectivity index (χ0) is 15.3. The van der Waals surface area contributed by atoms with Crippen LogP contribution in [0, 0.1) is 0 Å². The zero-order valence-corrected chi connectivity index (χ0v) is 12.7. The Morgan fingerprint density at radius 2 is 2.00 bits per heavy atom. The van der Waals surface area contributed by atoms with Crippen molar-refractivity contribution in [3.63, 3.8) is 0 Å². The van der Waals surface area contributed by atoms with Gasteiger partial charge >= 0.3 is 12.3 Å². The van der Waals surface area contributed by atoms with Gasteiger partial charge in [-0.25, -0.2) is 8.78 Å². The lowest BCUT2D eigenvalue weighted by molar-refractivity contribution is -0.151. The Balaban J connectivity index is 3.13. The number of alkyl halides is 4. The van der Waals surface area contributed by atoms with E-state index >= 15 is 0 Å². The molecule has 1 atom stereocenters. The van der Waals surface area contributed by atoms with Crippen LogP contribution in [0.5, 0.6) is 5.75 Å². The Labute approximate surface area is 123 Å². The Kier molecular flexibility index (Phi) is 6.26. The minimum Gasteiger partial charge on any atom is -0.496 e. The molecule has 1 aromatic rings. The van der Waals surface area contributed by atoms with Crippen molar-refractivity contribution in [3.05, 3.63) is 28.2 Å². The highest BCUT2D eigenvalue weighted by atomic mass is 79.9. The molecule has 0 fully saturated rings. The van der Waals surface area contributed by atoms with E-state index in [1.807, 2.05) is 0 Å². The maximum absolute atomic E-state index is 13.7.